The number of carbonyl (C=O) groups is 1. The monoisotopic (exact) mass is 267 g/mol. The summed E-state index contributed by atoms with van der Waals surface area (Å²) in [5.74, 6) is 0.302. The van der Waals surface area contributed by atoms with E-state index in [1.54, 1.807) is 0 Å². The molecule has 2 aliphatic rings. The number of carbonyl (C=O) groups excluding carboxylic acids is 1. The molecule has 0 aromatic heterocycles. The summed E-state index contributed by atoms with van der Waals surface area (Å²) in [5.41, 5.74) is 0. The highest BCUT2D eigenvalue weighted by atomic mass is 16.2. The lowest BCUT2D eigenvalue weighted by Crippen LogP contribution is -2.55. The van der Waals surface area contributed by atoms with E-state index in [9.17, 15) is 4.79 Å². The van der Waals surface area contributed by atoms with Crippen molar-refractivity contribution >= 4 is 5.91 Å². The predicted octanol–water partition coefficient (Wildman–Crippen LogP) is 1.46. The van der Waals surface area contributed by atoms with Crippen LogP contribution in [0.4, 0.5) is 0 Å². The molecule has 1 aliphatic carbocycles. The van der Waals surface area contributed by atoms with Crippen molar-refractivity contribution in [1.82, 2.24) is 15.1 Å². The Hall–Kier alpha value is -0.610. The van der Waals surface area contributed by atoms with Gasteiger partial charge < -0.3 is 10.2 Å². The second-order valence-electron chi connectivity index (χ2n) is 6.55. The van der Waals surface area contributed by atoms with Gasteiger partial charge in [-0.05, 0) is 39.7 Å². The van der Waals surface area contributed by atoms with E-state index in [1.165, 1.54) is 12.8 Å². The fourth-order valence-electron chi connectivity index (χ4n) is 2.97. The summed E-state index contributed by atoms with van der Waals surface area (Å²) in [4.78, 5) is 16.9. The van der Waals surface area contributed by atoms with Gasteiger partial charge in [-0.1, -0.05) is 13.8 Å². The molecule has 1 aliphatic heterocycles. The molecule has 19 heavy (non-hydrogen) atoms. The molecule has 1 saturated carbocycles. The normalized spacial score (nSPS) is 26.3. The Morgan fingerprint density at radius 2 is 2.00 bits per heavy atom. The standard InChI is InChI=1S/C15H29N3O/c1-11(2)16-14-6-5-9-18(15(14)19)10-12(3)17(4)13-7-8-13/h11-14,16H,5-10H2,1-4H3. The predicted molar refractivity (Wildman–Crippen MR) is 78.1 cm³/mol. The summed E-state index contributed by atoms with van der Waals surface area (Å²) < 4.78 is 0. The molecule has 4 heteroatoms. The third kappa shape index (κ3) is 3.93. The van der Waals surface area contributed by atoms with Crippen molar-refractivity contribution in [2.45, 2.75) is 70.6 Å². The molecule has 1 N–H and O–H groups in total. The first-order chi connectivity index (χ1) is 8.99. The Labute approximate surface area is 117 Å². The molecule has 0 aromatic rings. The lowest BCUT2D eigenvalue weighted by atomic mass is 10.0. The summed E-state index contributed by atoms with van der Waals surface area (Å²) in [6.07, 6.45) is 4.76. The van der Waals surface area contributed by atoms with E-state index in [4.69, 9.17) is 0 Å². The first kappa shape index (κ1) is 14.8. The highest BCUT2D eigenvalue weighted by molar-refractivity contribution is 5.82. The molecule has 4 nitrogen and oxygen atoms in total. The average molecular weight is 267 g/mol. The van der Waals surface area contributed by atoms with Crippen LogP contribution >= 0.6 is 0 Å². The van der Waals surface area contributed by atoms with Crippen molar-refractivity contribution in [3.63, 3.8) is 0 Å². The molecule has 2 atom stereocenters. The summed E-state index contributed by atoms with van der Waals surface area (Å²) >= 11 is 0. The molecule has 1 amide bonds. The zero-order valence-corrected chi connectivity index (χ0v) is 12.9. The van der Waals surface area contributed by atoms with E-state index in [-0.39, 0.29) is 6.04 Å². The topological polar surface area (TPSA) is 35.6 Å². The summed E-state index contributed by atoms with van der Waals surface area (Å²) in [6.45, 7) is 8.26. The zero-order valence-electron chi connectivity index (χ0n) is 12.9. The third-order valence-corrected chi connectivity index (χ3v) is 4.37. The van der Waals surface area contributed by atoms with Gasteiger partial charge >= 0.3 is 0 Å². The van der Waals surface area contributed by atoms with Gasteiger partial charge in [0.25, 0.3) is 0 Å². The molecule has 110 valence electrons. The number of hydrogen-bond donors (Lipinski definition) is 1. The fourth-order valence-corrected chi connectivity index (χ4v) is 2.97. The molecule has 0 spiro atoms. The fraction of sp³-hybridized carbons (Fsp3) is 0.933. The van der Waals surface area contributed by atoms with Crippen LogP contribution in [0.15, 0.2) is 0 Å². The Kier molecular flexibility index (Phi) is 4.85. The summed E-state index contributed by atoms with van der Waals surface area (Å²) in [6, 6.07) is 1.64. The molecule has 0 bridgehead atoms. The number of piperidine rings is 1. The van der Waals surface area contributed by atoms with Crippen LogP contribution < -0.4 is 5.32 Å². The lowest BCUT2D eigenvalue weighted by molar-refractivity contribution is -0.137. The number of nitrogens with one attached hydrogen (secondary N) is 1. The minimum absolute atomic E-state index is 0.0344. The van der Waals surface area contributed by atoms with Gasteiger partial charge in [0.1, 0.15) is 0 Å². The van der Waals surface area contributed by atoms with Crippen LogP contribution in [0.5, 0.6) is 0 Å². The van der Waals surface area contributed by atoms with E-state index in [2.05, 4.69) is 42.9 Å². The van der Waals surface area contributed by atoms with Gasteiger partial charge in [-0.15, -0.1) is 0 Å². The van der Waals surface area contributed by atoms with Gasteiger partial charge in [-0.2, -0.15) is 0 Å². The van der Waals surface area contributed by atoms with Gasteiger partial charge in [0.15, 0.2) is 0 Å². The van der Waals surface area contributed by atoms with Crippen molar-refractivity contribution in [2.24, 2.45) is 0 Å². The summed E-state index contributed by atoms with van der Waals surface area (Å²) in [7, 11) is 2.20. The van der Waals surface area contributed by atoms with Crippen LogP contribution in [-0.2, 0) is 4.79 Å². The second-order valence-corrected chi connectivity index (χ2v) is 6.55. The van der Waals surface area contributed by atoms with Gasteiger partial charge in [-0.3, -0.25) is 9.69 Å². The minimum Gasteiger partial charge on any atom is -0.340 e. The van der Waals surface area contributed by atoms with E-state index in [1.807, 2.05) is 0 Å². The first-order valence-corrected chi connectivity index (χ1v) is 7.75. The van der Waals surface area contributed by atoms with E-state index in [0.717, 1.165) is 32.0 Å². The molecular weight excluding hydrogens is 238 g/mol. The van der Waals surface area contributed by atoms with Crippen LogP contribution in [-0.4, -0.2) is 60.0 Å². The maximum absolute atomic E-state index is 12.4. The third-order valence-electron chi connectivity index (χ3n) is 4.37. The number of rotatable bonds is 6. The first-order valence-electron chi connectivity index (χ1n) is 7.75. The van der Waals surface area contributed by atoms with Crippen molar-refractivity contribution in [1.29, 1.82) is 0 Å². The average Bonchev–Trinajstić information content (AvgIpc) is 3.16. The number of amides is 1. The molecule has 2 unspecified atom stereocenters. The Bertz CT molecular complexity index is 315. The Balaban J connectivity index is 1.86. The zero-order chi connectivity index (χ0) is 14.0. The van der Waals surface area contributed by atoms with Crippen LogP contribution in [0.1, 0.15) is 46.5 Å². The van der Waals surface area contributed by atoms with E-state index in [0.29, 0.717) is 18.0 Å². The van der Waals surface area contributed by atoms with Crippen molar-refractivity contribution in [3.8, 4) is 0 Å². The lowest BCUT2D eigenvalue weighted by Gasteiger charge is -2.37. The summed E-state index contributed by atoms with van der Waals surface area (Å²) in [5, 5.41) is 3.39. The Morgan fingerprint density at radius 3 is 2.58 bits per heavy atom. The highest BCUT2D eigenvalue weighted by Crippen LogP contribution is 2.27. The van der Waals surface area contributed by atoms with Crippen LogP contribution in [0.25, 0.3) is 0 Å². The molecule has 2 fully saturated rings. The molecule has 0 aromatic carbocycles. The molecule has 1 saturated heterocycles. The van der Waals surface area contributed by atoms with Crippen molar-refractivity contribution in [2.75, 3.05) is 20.1 Å². The maximum atomic E-state index is 12.4. The van der Waals surface area contributed by atoms with Crippen LogP contribution in [0, 0.1) is 0 Å². The molecule has 2 rings (SSSR count). The Morgan fingerprint density at radius 1 is 1.32 bits per heavy atom. The van der Waals surface area contributed by atoms with Gasteiger partial charge in [0.2, 0.25) is 5.91 Å². The van der Waals surface area contributed by atoms with Crippen LogP contribution in [0.2, 0.25) is 0 Å². The number of hydrogen-bond acceptors (Lipinski definition) is 3. The van der Waals surface area contributed by atoms with E-state index >= 15 is 0 Å². The largest absolute Gasteiger partial charge is 0.340 e. The van der Waals surface area contributed by atoms with E-state index < -0.39 is 0 Å². The van der Waals surface area contributed by atoms with Crippen LogP contribution in [0.3, 0.4) is 0 Å². The molecule has 0 radical (unpaired) electrons. The number of likely N-dealkylation sites (N-methyl/N-ethyl adjacent to an activating group) is 1. The van der Waals surface area contributed by atoms with Gasteiger partial charge in [-0.25, -0.2) is 0 Å². The maximum Gasteiger partial charge on any atom is 0.239 e. The SMILES string of the molecule is CC(C)NC1CCCN(CC(C)N(C)C2CC2)C1=O. The van der Waals surface area contributed by atoms with Gasteiger partial charge in [0.05, 0.1) is 6.04 Å². The van der Waals surface area contributed by atoms with Gasteiger partial charge in [0, 0.05) is 31.2 Å². The van der Waals surface area contributed by atoms with Crippen molar-refractivity contribution in [3.05, 3.63) is 0 Å². The minimum atomic E-state index is 0.0344. The molecule has 1 heterocycles. The van der Waals surface area contributed by atoms with Crippen molar-refractivity contribution < 1.29 is 4.79 Å². The molecular formula is C15H29N3O. The smallest absolute Gasteiger partial charge is 0.239 e. The highest BCUT2D eigenvalue weighted by Gasteiger charge is 2.33. The number of likely N-dealkylation sites (tertiary alicyclic amines) is 1. The quantitative estimate of drug-likeness (QED) is 0.791. The second kappa shape index (κ2) is 6.23. The number of nitrogens with zero attached hydrogens (tertiary/aromatic N) is 2.